The summed E-state index contributed by atoms with van der Waals surface area (Å²) >= 11 is 12.4. The second-order valence-electron chi connectivity index (χ2n) is 4.38. The predicted octanol–water partition coefficient (Wildman–Crippen LogP) is 5.94. The molecular formula is C16H18AlCl2N2+. The van der Waals surface area contributed by atoms with Gasteiger partial charge in [0, 0.05) is 15.7 Å². The van der Waals surface area contributed by atoms with Crippen LogP contribution in [0.5, 0.6) is 0 Å². The Morgan fingerprint density at radius 2 is 1.33 bits per heavy atom. The second-order valence-corrected chi connectivity index (χ2v) is 6.41. The molecule has 21 heavy (non-hydrogen) atoms. The Kier molecular flexibility index (Phi) is 8.49. The maximum atomic E-state index is 5.82. The van der Waals surface area contributed by atoms with E-state index in [9.17, 15) is 0 Å². The summed E-state index contributed by atoms with van der Waals surface area (Å²) in [6.45, 7) is 1.91. The van der Waals surface area contributed by atoms with Gasteiger partial charge in [0.2, 0.25) is 0 Å². The van der Waals surface area contributed by atoms with Crippen molar-refractivity contribution in [3.63, 3.8) is 0 Å². The van der Waals surface area contributed by atoms with E-state index in [1.54, 1.807) is 0 Å². The molecule has 108 valence electrons. The van der Waals surface area contributed by atoms with E-state index in [0.717, 1.165) is 32.4 Å². The maximum absolute atomic E-state index is 5.82. The monoisotopic (exact) mass is 335 g/mol. The first-order chi connectivity index (χ1) is 10.0. The summed E-state index contributed by atoms with van der Waals surface area (Å²) in [6, 6.07) is 14.8. The predicted molar refractivity (Wildman–Crippen MR) is 96.8 cm³/mol. The molecule has 2 rings (SSSR count). The van der Waals surface area contributed by atoms with Gasteiger partial charge in [-0.25, -0.2) is 4.99 Å². The SMILES string of the molecule is CC(=Nc1ccc(Cl)cc1)Nc1ccc(Cl)cc1.[CH3][Al+][CH3]. The standard InChI is InChI=1S/C14H12Cl2N2.2CH3.Al/c1-10(17-13-6-2-11(15)3-7-13)18-14-8-4-12(16)5-9-14;;;/h2-9H,1H3,(H,17,18);2*1H3;/q;;;+1. The Hall–Kier alpha value is -0.978. The molecule has 0 radical (unpaired) electrons. The molecule has 0 bridgehead atoms. The number of hydrogen-bond acceptors (Lipinski definition) is 1. The molecule has 0 heterocycles. The quantitative estimate of drug-likeness (QED) is 0.409. The zero-order valence-corrected chi connectivity index (χ0v) is 15.1. The van der Waals surface area contributed by atoms with Crippen LogP contribution in [0.1, 0.15) is 6.92 Å². The zero-order valence-electron chi connectivity index (χ0n) is 12.4. The first kappa shape index (κ1) is 18.1. The van der Waals surface area contributed by atoms with E-state index in [-0.39, 0.29) is 0 Å². The summed E-state index contributed by atoms with van der Waals surface area (Å²) in [6.07, 6.45) is 0. The van der Waals surface area contributed by atoms with Crippen LogP contribution < -0.4 is 5.32 Å². The van der Waals surface area contributed by atoms with Crippen LogP contribution in [0.4, 0.5) is 11.4 Å². The van der Waals surface area contributed by atoms with E-state index in [1.807, 2.05) is 55.5 Å². The van der Waals surface area contributed by atoms with Gasteiger partial charge in [0.05, 0.1) is 5.69 Å². The van der Waals surface area contributed by atoms with E-state index >= 15 is 0 Å². The van der Waals surface area contributed by atoms with Gasteiger partial charge < -0.3 is 5.32 Å². The van der Waals surface area contributed by atoms with Gasteiger partial charge in [-0.05, 0) is 55.5 Å². The van der Waals surface area contributed by atoms with Crippen LogP contribution in [0.15, 0.2) is 53.5 Å². The van der Waals surface area contributed by atoms with Crippen molar-refractivity contribution >= 4 is 55.6 Å². The van der Waals surface area contributed by atoms with E-state index in [4.69, 9.17) is 23.2 Å². The molecule has 0 aromatic heterocycles. The first-order valence-corrected chi connectivity index (χ1v) is 9.69. The van der Waals surface area contributed by atoms with Crippen molar-refractivity contribution < 1.29 is 0 Å². The summed E-state index contributed by atoms with van der Waals surface area (Å²) in [5.74, 6) is 5.22. The van der Waals surface area contributed by atoms with Gasteiger partial charge in [0.15, 0.2) is 0 Å². The molecule has 0 spiro atoms. The van der Waals surface area contributed by atoms with Crippen molar-refractivity contribution in [2.45, 2.75) is 18.5 Å². The first-order valence-electron chi connectivity index (χ1n) is 6.62. The molecule has 1 N–H and O–H groups in total. The van der Waals surface area contributed by atoms with Crippen molar-refractivity contribution in [2.24, 2.45) is 4.99 Å². The average molecular weight is 336 g/mol. The summed E-state index contributed by atoms with van der Waals surface area (Å²) in [4.78, 5) is 4.43. The summed E-state index contributed by atoms with van der Waals surface area (Å²) in [5.41, 5.74) is 1.81. The third-order valence-corrected chi connectivity index (χ3v) is 2.80. The number of halogens is 2. The fourth-order valence-corrected chi connectivity index (χ4v) is 1.73. The number of nitrogens with one attached hydrogen (secondary N) is 1. The third-order valence-electron chi connectivity index (χ3n) is 2.29. The number of benzene rings is 2. The molecule has 0 aliphatic rings. The average Bonchev–Trinajstić information content (AvgIpc) is 2.45. The number of amidine groups is 1. The number of hydrogen-bond donors (Lipinski definition) is 1. The molecule has 2 nitrogen and oxygen atoms in total. The van der Waals surface area contributed by atoms with E-state index in [0.29, 0.717) is 10.0 Å². The molecule has 0 saturated carbocycles. The molecule has 0 atom stereocenters. The van der Waals surface area contributed by atoms with E-state index in [1.165, 1.54) is 0 Å². The molecule has 0 aliphatic carbocycles. The number of aliphatic imine (C=N–C) groups is 1. The normalized spacial score (nSPS) is 10.2. The van der Waals surface area contributed by atoms with Crippen LogP contribution in [0.2, 0.25) is 21.6 Å². The number of anilines is 1. The van der Waals surface area contributed by atoms with Crippen molar-refractivity contribution in [3.05, 3.63) is 58.6 Å². The number of rotatable bonds is 2. The minimum absolute atomic E-state index is 0.706. The van der Waals surface area contributed by atoms with Crippen molar-refractivity contribution in [3.8, 4) is 0 Å². The Morgan fingerprint density at radius 3 is 1.81 bits per heavy atom. The van der Waals surface area contributed by atoms with Crippen LogP contribution in [0.3, 0.4) is 0 Å². The molecule has 0 saturated heterocycles. The molecule has 5 heteroatoms. The van der Waals surface area contributed by atoms with Crippen molar-refractivity contribution in [2.75, 3.05) is 5.32 Å². The van der Waals surface area contributed by atoms with Crippen LogP contribution in [-0.2, 0) is 0 Å². The fourth-order valence-electron chi connectivity index (χ4n) is 1.48. The molecular weight excluding hydrogens is 318 g/mol. The van der Waals surface area contributed by atoms with Crippen molar-refractivity contribution in [1.82, 2.24) is 0 Å². The molecule has 0 fully saturated rings. The minimum atomic E-state index is 0.706. The Morgan fingerprint density at radius 1 is 0.905 bits per heavy atom. The van der Waals surface area contributed by atoms with Gasteiger partial charge in [-0.15, -0.1) is 0 Å². The Balaban J connectivity index is 0.000000677. The zero-order chi connectivity index (χ0) is 15.7. The molecule has 0 unspecified atom stereocenters. The molecule has 2 aromatic rings. The summed E-state index contributed by atoms with van der Waals surface area (Å²) in [5, 5.41) is 4.61. The second kappa shape index (κ2) is 9.87. The van der Waals surface area contributed by atoms with Gasteiger partial charge in [0.1, 0.15) is 5.84 Å². The molecule has 2 aromatic carbocycles. The molecule has 0 aliphatic heterocycles. The molecule has 0 amide bonds. The Bertz CT molecular complexity index is 566. The third kappa shape index (κ3) is 7.55. The van der Waals surface area contributed by atoms with E-state index in [2.05, 4.69) is 21.9 Å². The number of nitrogens with zero attached hydrogens (tertiary/aromatic N) is 1. The van der Waals surface area contributed by atoms with Crippen LogP contribution >= 0.6 is 23.2 Å². The van der Waals surface area contributed by atoms with Crippen molar-refractivity contribution in [1.29, 1.82) is 0 Å². The summed E-state index contributed by atoms with van der Waals surface area (Å²) in [7, 11) is 0. The van der Waals surface area contributed by atoms with Crippen LogP contribution in [0, 0.1) is 0 Å². The van der Waals surface area contributed by atoms with Crippen LogP contribution in [-0.4, -0.2) is 21.1 Å². The van der Waals surface area contributed by atoms with Gasteiger partial charge in [0.25, 0.3) is 0 Å². The summed E-state index contributed by atoms with van der Waals surface area (Å²) < 4.78 is 0. The van der Waals surface area contributed by atoms with Gasteiger partial charge >= 0.3 is 26.8 Å². The van der Waals surface area contributed by atoms with Gasteiger partial charge in [-0.1, -0.05) is 23.2 Å². The van der Waals surface area contributed by atoms with E-state index < -0.39 is 0 Å². The van der Waals surface area contributed by atoms with Crippen LogP contribution in [0.25, 0.3) is 0 Å². The fraction of sp³-hybridized carbons (Fsp3) is 0.188. The Labute approximate surface area is 142 Å². The van der Waals surface area contributed by atoms with Gasteiger partial charge in [-0.3, -0.25) is 0 Å². The topological polar surface area (TPSA) is 24.4 Å². The van der Waals surface area contributed by atoms with Gasteiger partial charge in [-0.2, -0.15) is 0 Å².